The average molecular weight is 408 g/mol. The normalized spacial score (nSPS) is 11.9. The van der Waals surface area contributed by atoms with Gasteiger partial charge in [0.2, 0.25) is 0 Å². The summed E-state index contributed by atoms with van der Waals surface area (Å²) in [6.45, 7) is 9.05. The molecule has 0 fully saturated rings. The molecule has 0 saturated carbocycles. The number of aromatic hydroxyl groups is 1. The molecule has 0 unspecified atom stereocenters. The van der Waals surface area contributed by atoms with Crippen LogP contribution in [0.2, 0.25) is 0 Å². The molecule has 8 heteroatoms. The SMILES string of the molecule is COc1cc(N(CP(=O)(OC(C)C)OC(C)C)c2cccnc2)cc(C)c1O. The lowest BCUT2D eigenvalue weighted by atomic mass is 10.1. The third-order valence-corrected chi connectivity index (χ3v) is 5.91. The largest absolute Gasteiger partial charge is 0.504 e. The molecule has 0 aliphatic heterocycles. The van der Waals surface area contributed by atoms with Crippen molar-refractivity contribution < 1.29 is 23.5 Å². The van der Waals surface area contributed by atoms with Crippen LogP contribution in [0.5, 0.6) is 11.5 Å². The summed E-state index contributed by atoms with van der Waals surface area (Å²) in [5.74, 6) is 0.394. The molecule has 1 heterocycles. The third kappa shape index (κ3) is 5.71. The van der Waals surface area contributed by atoms with E-state index in [0.717, 1.165) is 5.69 Å². The molecule has 154 valence electrons. The van der Waals surface area contributed by atoms with Crippen molar-refractivity contribution in [1.82, 2.24) is 4.98 Å². The van der Waals surface area contributed by atoms with Gasteiger partial charge in [0, 0.05) is 18.0 Å². The molecule has 2 aromatic rings. The first kappa shape index (κ1) is 22.2. The van der Waals surface area contributed by atoms with Gasteiger partial charge in [-0.25, -0.2) is 0 Å². The Balaban J connectivity index is 2.54. The summed E-state index contributed by atoms with van der Waals surface area (Å²) in [5.41, 5.74) is 2.03. The molecule has 0 spiro atoms. The second kappa shape index (κ2) is 9.41. The van der Waals surface area contributed by atoms with Gasteiger partial charge in [0.05, 0.1) is 31.2 Å². The number of aryl methyl sites for hydroxylation is 1. The van der Waals surface area contributed by atoms with Crippen LogP contribution in [0.1, 0.15) is 33.3 Å². The van der Waals surface area contributed by atoms with Crippen molar-refractivity contribution in [2.75, 3.05) is 18.3 Å². The van der Waals surface area contributed by atoms with E-state index >= 15 is 0 Å². The highest BCUT2D eigenvalue weighted by Crippen LogP contribution is 2.53. The van der Waals surface area contributed by atoms with Crippen LogP contribution in [0.25, 0.3) is 0 Å². The van der Waals surface area contributed by atoms with Gasteiger partial charge in [0.15, 0.2) is 11.5 Å². The molecular weight excluding hydrogens is 379 g/mol. The zero-order valence-corrected chi connectivity index (χ0v) is 18.1. The van der Waals surface area contributed by atoms with Crippen LogP contribution in [0.3, 0.4) is 0 Å². The molecule has 28 heavy (non-hydrogen) atoms. The Kier molecular flexibility index (Phi) is 7.47. The molecule has 0 bridgehead atoms. The second-order valence-electron chi connectivity index (χ2n) is 7.01. The first-order valence-corrected chi connectivity index (χ1v) is 10.9. The van der Waals surface area contributed by atoms with E-state index in [-0.39, 0.29) is 24.2 Å². The zero-order valence-electron chi connectivity index (χ0n) is 17.2. The fraction of sp³-hybridized carbons (Fsp3) is 0.450. The molecule has 0 aliphatic carbocycles. The molecule has 0 aliphatic rings. The molecule has 1 N–H and O–H groups in total. The standard InChI is InChI=1S/C20H29N2O5P/c1-14(2)26-28(24,27-15(3)4)13-22(17-8-7-9-21-12-17)18-10-16(5)20(23)19(11-18)25-6/h7-12,14-15,23H,13H2,1-6H3. The van der Waals surface area contributed by atoms with Crippen LogP contribution < -0.4 is 9.64 Å². The summed E-state index contributed by atoms with van der Waals surface area (Å²) in [6, 6.07) is 7.13. The smallest absolute Gasteiger partial charge is 0.350 e. The molecule has 0 atom stereocenters. The van der Waals surface area contributed by atoms with Gasteiger partial charge >= 0.3 is 7.60 Å². The van der Waals surface area contributed by atoms with Gasteiger partial charge in [0.1, 0.15) is 6.29 Å². The van der Waals surface area contributed by atoms with E-state index in [1.165, 1.54) is 7.11 Å². The number of aromatic nitrogens is 1. The summed E-state index contributed by atoms with van der Waals surface area (Å²) in [7, 11) is -1.99. The highest BCUT2D eigenvalue weighted by Gasteiger charge is 2.32. The number of ether oxygens (including phenoxy) is 1. The molecule has 0 amide bonds. The molecule has 0 radical (unpaired) electrons. The Morgan fingerprint density at radius 1 is 1.14 bits per heavy atom. The molecule has 1 aromatic carbocycles. The highest BCUT2D eigenvalue weighted by molar-refractivity contribution is 7.54. The Hall–Kier alpha value is -2.08. The second-order valence-corrected chi connectivity index (χ2v) is 8.94. The summed E-state index contributed by atoms with van der Waals surface area (Å²) in [5, 5.41) is 10.2. The van der Waals surface area contributed by atoms with Crippen LogP contribution in [0.15, 0.2) is 36.7 Å². The monoisotopic (exact) mass is 408 g/mol. The fourth-order valence-corrected chi connectivity index (χ4v) is 4.91. The number of hydrogen-bond donors (Lipinski definition) is 1. The number of rotatable bonds is 9. The van der Waals surface area contributed by atoms with Crippen molar-refractivity contribution in [1.29, 1.82) is 0 Å². The van der Waals surface area contributed by atoms with Crippen molar-refractivity contribution in [2.24, 2.45) is 0 Å². The number of hydrogen-bond acceptors (Lipinski definition) is 7. The van der Waals surface area contributed by atoms with Gasteiger partial charge < -0.3 is 23.8 Å². The first-order valence-electron chi connectivity index (χ1n) is 9.16. The average Bonchev–Trinajstić information content (AvgIpc) is 2.61. The zero-order chi connectivity index (χ0) is 20.9. The quantitative estimate of drug-likeness (QED) is 0.568. The van der Waals surface area contributed by atoms with Crippen molar-refractivity contribution in [3.63, 3.8) is 0 Å². The van der Waals surface area contributed by atoms with E-state index in [0.29, 0.717) is 17.0 Å². The topological polar surface area (TPSA) is 81.1 Å². The maximum absolute atomic E-state index is 13.5. The van der Waals surface area contributed by atoms with E-state index in [2.05, 4.69) is 4.98 Å². The maximum atomic E-state index is 13.5. The van der Waals surface area contributed by atoms with Gasteiger partial charge in [-0.2, -0.15) is 0 Å². The Morgan fingerprint density at radius 3 is 2.29 bits per heavy atom. The first-order chi connectivity index (χ1) is 13.1. The van der Waals surface area contributed by atoms with Gasteiger partial charge in [-0.05, 0) is 58.4 Å². The number of anilines is 2. The minimum atomic E-state index is -3.47. The van der Waals surface area contributed by atoms with Crippen LogP contribution in [-0.2, 0) is 13.6 Å². The maximum Gasteiger partial charge on any atom is 0.350 e. The Bertz CT molecular complexity index is 813. The lowest BCUT2D eigenvalue weighted by Crippen LogP contribution is -2.23. The predicted octanol–water partition coefficient (Wildman–Crippen LogP) is 5.24. The predicted molar refractivity (Wildman–Crippen MR) is 111 cm³/mol. The molecule has 0 saturated heterocycles. The summed E-state index contributed by atoms with van der Waals surface area (Å²) in [4.78, 5) is 5.97. The lowest BCUT2D eigenvalue weighted by Gasteiger charge is -2.31. The van der Waals surface area contributed by atoms with Gasteiger partial charge in [-0.1, -0.05) is 0 Å². The van der Waals surface area contributed by atoms with Crippen molar-refractivity contribution >= 4 is 19.0 Å². The number of nitrogens with zero attached hydrogens (tertiary/aromatic N) is 2. The van der Waals surface area contributed by atoms with Crippen molar-refractivity contribution in [2.45, 2.75) is 46.8 Å². The number of methoxy groups -OCH3 is 1. The van der Waals surface area contributed by atoms with Crippen molar-refractivity contribution in [3.05, 3.63) is 42.2 Å². The van der Waals surface area contributed by atoms with Gasteiger partial charge in [-0.3, -0.25) is 9.55 Å². The summed E-state index contributed by atoms with van der Waals surface area (Å²) >= 11 is 0. The highest BCUT2D eigenvalue weighted by atomic mass is 31.2. The number of phenolic OH excluding ortho intramolecular Hbond substituents is 1. The van der Waals surface area contributed by atoms with Gasteiger partial charge in [-0.15, -0.1) is 0 Å². The minimum absolute atomic E-state index is 0.0115. The van der Waals surface area contributed by atoms with Crippen LogP contribution in [0.4, 0.5) is 11.4 Å². The lowest BCUT2D eigenvalue weighted by molar-refractivity contribution is 0.143. The van der Waals surface area contributed by atoms with Crippen LogP contribution in [-0.4, -0.2) is 35.7 Å². The van der Waals surface area contributed by atoms with Crippen molar-refractivity contribution in [3.8, 4) is 11.5 Å². The van der Waals surface area contributed by atoms with E-state index in [1.807, 2.05) is 33.8 Å². The van der Waals surface area contributed by atoms with Crippen LogP contribution in [0, 0.1) is 6.92 Å². The summed E-state index contributed by atoms with van der Waals surface area (Å²) < 4.78 is 30.2. The molecule has 1 aromatic heterocycles. The Morgan fingerprint density at radius 2 is 1.79 bits per heavy atom. The minimum Gasteiger partial charge on any atom is -0.504 e. The van der Waals surface area contributed by atoms with Gasteiger partial charge in [0.25, 0.3) is 0 Å². The van der Waals surface area contributed by atoms with E-state index in [4.69, 9.17) is 13.8 Å². The Labute approximate surface area is 166 Å². The fourth-order valence-electron chi connectivity index (χ4n) is 2.77. The number of benzene rings is 1. The van der Waals surface area contributed by atoms with Crippen LogP contribution >= 0.6 is 7.60 Å². The number of pyridine rings is 1. The van der Waals surface area contributed by atoms with E-state index < -0.39 is 7.60 Å². The number of phenols is 1. The molecule has 2 rings (SSSR count). The third-order valence-electron chi connectivity index (χ3n) is 3.80. The van der Waals surface area contributed by atoms with E-state index in [9.17, 15) is 9.67 Å². The van der Waals surface area contributed by atoms with E-state index in [1.54, 1.807) is 42.4 Å². The molecule has 7 nitrogen and oxygen atoms in total. The summed E-state index contributed by atoms with van der Waals surface area (Å²) in [6.07, 6.45) is 2.79. The molecular formula is C20H29N2O5P.